The van der Waals surface area contributed by atoms with Gasteiger partial charge < -0.3 is 10.2 Å². The number of benzene rings is 1. The monoisotopic (exact) mass is 371 g/mol. The van der Waals surface area contributed by atoms with Crippen LogP contribution >= 0.6 is 0 Å². The van der Waals surface area contributed by atoms with E-state index in [1.54, 1.807) is 31.3 Å². The van der Waals surface area contributed by atoms with Gasteiger partial charge in [-0.15, -0.1) is 0 Å². The quantitative estimate of drug-likeness (QED) is 0.862. The second kappa shape index (κ2) is 7.09. The predicted molar refractivity (Wildman–Crippen MR) is 95.6 cm³/mol. The molecule has 134 valence electrons. The summed E-state index contributed by atoms with van der Waals surface area (Å²) in [5, 5.41) is 11.9. The van der Waals surface area contributed by atoms with Crippen molar-refractivity contribution >= 4 is 27.2 Å². The Labute approximate surface area is 151 Å². The molecular weight excluding hydrogens is 354 g/mol. The number of hydrogen-bond acceptors (Lipinski definition) is 7. The Kier molecular flexibility index (Phi) is 4.86. The fourth-order valence-corrected chi connectivity index (χ4v) is 4.52. The second-order valence-electron chi connectivity index (χ2n) is 6.08. The van der Waals surface area contributed by atoms with E-state index >= 15 is 0 Å². The van der Waals surface area contributed by atoms with Gasteiger partial charge in [-0.1, -0.05) is 0 Å². The summed E-state index contributed by atoms with van der Waals surface area (Å²) < 4.78 is 23.2. The third kappa shape index (κ3) is 3.97. The maximum absolute atomic E-state index is 12.6. The van der Waals surface area contributed by atoms with Gasteiger partial charge in [0.25, 0.3) is 5.91 Å². The van der Waals surface area contributed by atoms with Gasteiger partial charge in [0, 0.05) is 24.8 Å². The Morgan fingerprint density at radius 1 is 1.31 bits per heavy atom. The zero-order valence-electron chi connectivity index (χ0n) is 14.1. The van der Waals surface area contributed by atoms with Crippen molar-refractivity contribution in [2.75, 3.05) is 23.9 Å². The summed E-state index contributed by atoms with van der Waals surface area (Å²) in [6.07, 6.45) is 1.71. The molecule has 1 aromatic carbocycles. The van der Waals surface area contributed by atoms with Crippen LogP contribution < -0.4 is 5.32 Å². The maximum atomic E-state index is 12.6. The average molecular weight is 371 g/mol. The fourth-order valence-electron chi connectivity index (χ4n) is 2.75. The molecule has 8 nitrogen and oxygen atoms in total. The van der Waals surface area contributed by atoms with Gasteiger partial charge in [0.1, 0.15) is 17.8 Å². The molecule has 1 fully saturated rings. The molecule has 2 heterocycles. The Hall–Kier alpha value is -2.99. The van der Waals surface area contributed by atoms with Crippen molar-refractivity contribution in [3.8, 4) is 6.07 Å². The number of hydrogen-bond donors (Lipinski definition) is 1. The molecule has 0 radical (unpaired) electrons. The smallest absolute Gasteiger partial charge is 0.272 e. The minimum absolute atomic E-state index is 0.0172. The largest absolute Gasteiger partial charge is 0.340 e. The molecular formula is C17H17N5O3S. The number of rotatable bonds is 4. The van der Waals surface area contributed by atoms with Crippen molar-refractivity contribution in [1.82, 2.24) is 14.9 Å². The fraction of sp³-hybridized carbons (Fsp3) is 0.294. The molecule has 3 rings (SSSR count). The summed E-state index contributed by atoms with van der Waals surface area (Å²) in [6.45, 7) is 0. The second-order valence-corrected chi connectivity index (χ2v) is 8.30. The highest BCUT2D eigenvalue weighted by molar-refractivity contribution is 7.91. The summed E-state index contributed by atoms with van der Waals surface area (Å²) in [5.41, 5.74) is 1.45. The summed E-state index contributed by atoms with van der Waals surface area (Å²) in [7, 11) is -1.49. The average Bonchev–Trinajstić information content (AvgIpc) is 3.01. The van der Waals surface area contributed by atoms with Gasteiger partial charge in [-0.25, -0.2) is 18.4 Å². The van der Waals surface area contributed by atoms with Gasteiger partial charge in [-0.05, 0) is 30.7 Å². The van der Waals surface area contributed by atoms with E-state index in [1.165, 1.54) is 17.3 Å². The van der Waals surface area contributed by atoms with Crippen molar-refractivity contribution < 1.29 is 13.2 Å². The number of nitriles is 1. The van der Waals surface area contributed by atoms with Crippen LogP contribution in [0.1, 0.15) is 22.5 Å². The molecule has 0 saturated carbocycles. The lowest BCUT2D eigenvalue weighted by atomic mass is 10.2. The molecule has 26 heavy (non-hydrogen) atoms. The highest BCUT2D eigenvalue weighted by atomic mass is 32.2. The van der Waals surface area contributed by atoms with Crippen molar-refractivity contribution in [2.24, 2.45) is 0 Å². The van der Waals surface area contributed by atoms with Crippen LogP contribution in [0.5, 0.6) is 0 Å². The van der Waals surface area contributed by atoms with E-state index in [9.17, 15) is 13.2 Å². The SMILES string of the molecule is CN(C(=O)c1cc(Nc2ccc(C#N)cc2)ncn1)C1CCS(=O)(=O)C1. The number of carbonyl (C=O) groups is 1. The molecule has 9 heteroatoms. The zero-order chi connectivity index (χ0) is 18.7. The van der Waals surface area contributed by atoms with Crippen molar-refractivity contribution in [3.05, 3.63) is 47.9 Å². The highest BCUT2D eigenvalue weighted by Gasteiger charge is 2.33. The molecule has 1 aromatic heterocycles. The van der Waals surface area contributed by atoms with Crippen molar-refractivity contribution in [1.29, 1.82) is 5.26 Å². The lowest BCUT2D eigenvalue weighted by molar-refractivity contribution is 0.0741. The summed E-state index contributed by atoms with van der Waals surface area (Å²) in [5.74, 6) is 0.166. The topological polar surface area (TPSA) is 116 Å². The first-order valence-corrected chi connectivity index (χ1v) is 9.77. The van der Waals surface area contributed by atoms with Crippen LogP contribution in [0, 0.1) is 11.3 Å². The first kappa shape index (κ1) is 17.8. The molecule has 0 spiro atoms. The first-order chi connectivity index (χ1) is 12.4. The molecule has 1 N–H and O–H groups in total. The van der Waals surface area contributed by atoms with Gasteiger partial charge in [0.2, 0.25) is 0 Å². The number of nitrogens with one attached hydrogen (secondary N) is 1. The van der Waals surface area contributed by atoms with Gasteiger partial charge in [0.05, 0.1) is 23.1 Å². The number of nitrogens with zero attached hydrogens (tertiary/aromatic N) is 4. The molecule has 0 bridgehead atoms. The van der Waals surface area contributed by atoms with E-state index in [2.05, 4.69) is 15.3 Å². The van der Waals surface area contributed by atoms with Crippen LogP contribution in [0.2, 0.25) is 0 Å². The molecule has 1 amide bonds. The van der Waals surface area contributed by atoms with E-state index in [0.717, 1.165) is 5.69 Å². The van der Waals surface area contributed by atoms with Crippen LogP contribution in [-0.4, -0.2) is 53.8 Å². The summed E-state index contributed by atoms with van der Waals surface area (Å²) >= 11 is 0. The molecule has 0 aliphatic carbocycles. The zero-order valence-corrected chi connectivity index (χ0v) is 14.9. The lowest BCUT2D eigenvalue weighted by Crippen LogP contribution is -2.38. The number of sulfone groups is 1. The molecule has 1 saturated heterocycles. The van der Waals surface area contributed by atoms with Crippen molar-refractivity contribution in [3.63, 3.8) is 0 Å². The molecule has 2 aromatic rings. The predicted octanol–water partition coefficient (Wildman–Crippen LogP) is 1.35. The van der Waals surface area contributed by atoms with Gasteiger partial charge in [0.15, 0.2) is 9.84 Å². The van der Waals surface area contributed by atoms with Gasteiger partial charge in [-0.3, -0.25) is 4.79 Å². The van der Waals surface area contributed by atoms with Crippen LogP contribution in [0.4, 0.5) is 11.5 Å². The van der Waals surface area contributed by atoms with Crippen LogP contribution in [-0.2, 0) is 9.84 Å². The molecule has 1 aliphatic rings. The minimum Gasteiger partial charge on any atom is -0.340 e. The normalized spacial score (nSPS) is 18.1. The van der Waals surface area contributed by atoms with Gasteiger partial charge >= 0.3 is 0 Å². The third-order valence-electron chi connectivity index (χ3n) is 4.25. The van der Waals surface area contributed by atoms with Crippen LogP contribution in [0.3, 0.4) is 0 Å². The molecule has 1 aliphatic heterocycles. The number of carbonyl (C=O) groups excluding carboxylic acids is 1. The third-order valence-corrected chi connectivity index (χ3v) is 6.00. The Morgan fingerprint density at radius 3 is 2.65 bits per heavy atom. The van der Waals surface area contributed by atoms with Crippen molar-refractivity contribution in [2.45, 2.75) is 12.5 Å². The van der Waals surface area contributed by atoms with Gasteiger partial charge in [-0.2, -0.15) is 5.26 Å². The first-order valence-electron chi connectivity index (χ1n) is 7.95. The van der Waals surface area contributed by atoms with Crippen LogP contribution in [0.15, 0.2) is 36.7 Å². The van der Waals surface area contributed by atoms with E-state index in [-0.39, 0.29) is 29.1 Å². The Morgan fingerprint density at radius 2 is 2.04 bits per heavy atom. The number of amides is 1. The summed E-state index contributed by atoms with van der Waals surface area (Å²) in [6, 6.07) is 10.0. The number of aromatic nitrogens is 2. The molecule has 1 atom stereocenters. The number of anilines is 2. The Bertz CT molecular complexity index is 967. The standard InChI is InChI=1S/C17H17N5O3S/c1-22(14-6-7-26(24,25)10-14)17(23)15-8-16(20-11-19-15)21-13-4-2-12(9-18)3-5-13/h2-5,8,11,14H,6-7,10H2,1H3,(H,19,20,21). The Balaban J connectivity index is 1.73. The molecule has 1 unspecified atom stereocenters. The highest BCUT2D eigenvalue weighted by Crippen LogP contribution is 2.19. The minimum atomic E-state index is -3.07. The lowest BCUT2D eigenvalue weighted by Gasteiger charge is -2.23. The van der Waals surface area contributed by atoms with Crippen LogP contribution in [0.25, 0.3) is 0 Å². The van der Waals surface area contributed by atoms with E-state index in [4.69, 9.17) is 5.26 Å². The van der Waals surface area contributed by atoms with E-state index < -0.39 is 9.84 Å². The van der Waals surface area contributed by atoms with E-state index in [0.29, 0.717) is 17.8 Å². The van der Waals surface area contributed by atoms with E-state index in [1.807, 2.05) is 6.07 Å². The maximum Gasteiger partial charge on any atom is 0.272 e. The summed E-state index contributed by atoms with van der Waals surface area (Å²) in [4.78, 5) is 22.1.